The lowest BCUT2D eigenvalue weighted by atomic mass is 9.78. The second kappa shape index (κ2) is 9.58. The summed E-state index contributed by atoms with van der Waals surface area (Å²) in [7, 11) is 0. The van der Waals surface area contributed by atoms with Gasteiger partial charge < -0.3 is 14.2 Å². The van der Waals surface area contributed by atoms with E-state index in [2.05, 4.69) is 66.3 Å². The van der Waals surface area contributed by atoms with Gasteiger partial charge in [-0.15, -0.1) is 0 Å². The van der Waals surface area contributed by atoms with E-state index in [-0.39, 0.29) is 23.2 Å². The predicted octanol–water partition coefficient (Wildman–Crippen LogP) is 6.26. The highest BCUT2D eigenvalue weighted by molar-refractivity contribution is 9.08. The summed E-state index contributed by atoms with van der Waals surface area (Å²) >= 11 is 3.26. The van der Waals surface area contributed by atoms with E-state index in [9.17, 15) is 9.90 Å². The Kier molecular flexibility index (Phi) is 7.43. The van der Waals surface area contributed by atoms with Crippen molar-refractivity contribution in [2.45, 2.75) is 97.6 Å². The number of aromatic nitrogens is 2. The molecule has 1 aliphatic rings. The van der Waals surface area contributed by atoms with Crippen molar-refractivity contribution in [3.8, 4) is 5.75 Å². The Labute approximate surface area is 200 Å². The maximum atomic E-state index is 13.4. The Morgan fingerprint density at radius 2 is 1.56 bits per heavy atom. The molecular weight excluding hydrogens is 466 g/mol. The fraction of sp³-hybridized carbons (Fsp3) is 0.615. The van der Waals surface area contributed by atoms with E-state index in [4.69, 9.17) is 0 Å². The molecule has 1 aliphatic carbocycles. The van der Waals surface area contributed by atoms with Gasteiger partial charge >= 0.3 is 0 Å². The first-order valence-corrected chi connectivity index (χ1v) is 12.4. The van der Waals surface area contributed by atoms with Gasteiger partial charge in [-0.05, 0) is 35.3 Å². The zero-order valence-electron chi connectivity index (χ0n) is 20.4. The average Bonchev–Trinajstić information content (AvgIpc) is 3.34. The third-order valence-corrected chi connectivity index (χ3v) is 6.95. The molecule has 0 saturated heterocycles. The summed E-state index contributed by atoms with van der Waals surface area (Å²) in [6.07, 6.45) is 10.4. The minimum absolute atomic E-state index is 0.0111. The molecule has 1 heterocycles. The number of aryl methyl sites for hydroxylation is 1. The van der Waals surface area contributed by atoms with Crippen LogP contribution in [0.3, 0.4) is 0 Å². The number of nitrogens with zero attached hydrogens (tertiary/aromatic N) is 3. The summed E-state index contributed by atoms with van der Waals surface area (Å²) in [4.78, 5) is 13.4. The van der Waals surface area contributed by atoms with Crippen LogP contribution in [0.15, 0.2) is 28.5 Å². The topological polar surface area (TPSA) is 59.5 Å². The van der Waals surface area contributed by atoms with Crippen LogP contribution in [-0.2, 0) is 23.9 Å². The van der Waals surface area contributed by atoms with E-state index in [0.29, 0.717) is 11.3 Å². The van der Waals surface area contributed by atoms with Crippen LogP contribution in [0, 0.1) is 5.92 Å². The molecule has 176 valence electrons. The number of halogens is 1. The Hall–Kier alpha value is -1.82. The SMILES string of the molecule is CC(C)(C)c1cc(C(=O)Cn2ccn(CCC3CCCC3)c2=NBr)cc(C(C)(C)C)c1O. The number of phenolic OH excluding ortho intramolecular Hbond substituents is 1. The smallest absolute Gasteiger partial charge is 0.217 e. The van der Waals surface area contributed by atoms with Crippen LogP contribution in [0.25, 0.3) is 0 Å². The Bertz CT molecular complexity index is 994. The summed E-state index contributed by atoms with van der Waals surface area (Å²) in [6, 6.07) is 3.71. The molecule has 6 heteroatoms. The number of phenols is 1. The van der Waals surface area contributed by atoms with Gasteiger partial charge in [-0.2, -0.15) is 4.02 Å². The maximum Gasteiger partial charge on any atom is 0.217 e. The molecule has 0 bridgehead atoms. The zero-order chi connectivity index (χ0) is 23.7. The number of rotatable bonds is 6. The quantitative estimate of drug-likeness (QED) is 0.472. The highest BCUT2D eigenvalue weighted by atomic mass is 79.9. The van der Waals surface area contributed by atoms with Gasteiger partial charge in [0.2, 0.25) is 5.62 Å². The number of Topliss-reactive ketones (excluding diaryl/α,β-unsaturated/α-hetero) is 1. The Morgan fingerprint density at radius 1 is 1.03 bits per heavy atom. The lowest BCUT2D eigenvalue weighted by Crippen LogP contribution is -2.28. The van der Waals surface area contributed by atoms with E-state index >= 15 is 0 Å². The van der Waals surface area contributed by atoms with E-state index in [0.717, 1.165) is 35.6 Å². The first kappa shape index (κ1) is 24.8. The van der Waals surface area contributed by atoms with E-state index in [1.807, 2.05) is 29.1 Å². The number of hydrogen-bond donors (Lipinski definition) is 1. The van der Waals surface area contributed by atoms with Gasteiger partial charge in [0.15, 0.2) is 5.78 Å². The molecular formula is C26H38BrN3O2. The summed E-state index contributed by atoms with van der Waals surface area (Å²) in [5.41, 5.74) is 2.45. The fourth-order valence-electron chi connectivity index (χ4n) is 4.66. The normalized spacial score (nSPS) is 16.2. The van der Waals surface area contributed by atoms with Gasteiger partial charge in [0.25, 0.3) is 0 Å². The summed E-state index contributed by atoms with van der Waals surface area (Å²) in [6.45, 7) is 13.5. The molecule has 3 rings (SSSR count). The molecule has 2 aromatic rings. The van der Waals surface area contributed by atoms with Crippen molar-refractivity contribution >= 4 is 21.9 Å². The van der Waals surface area contributed by atoms with E-state index < -0.39 is 0 Å². The monoisotopic (exact) mass is 503 g/mol. The summed E-state index contributed by atoms with van der Waals surface area (Å²) in [5.74, 6) is 1.11. The number of carbonyl (C=O) groups is 1. The van der Waals surface area contributed by atoms with Crippen molar-refractivity contribution in [3.63, 3.8) is 0 Å². The van der Waals surface area contributed by atoms with Crippen LogP contribution in [0.1, 0.15) is 95.1 Å². The van der Waals surface area contributed by atoms with Crippen molar-refractivity contribution in [1.82, 2.24) is 9.13 Å². The van der Waals surface area contributed by atoms with Gasteiger partial charge in [0.05, 0.1) is 22.7 Å². The average molecular weight is 505 g/mol. The number of carbonyl (C=O) groups excluding carboxylic acids is 1. The largest absolute Gasteiger partial charge is 0.507 e. The maximum absolute atomic E-state index is 13.4. The number of aromatic hydroxyl groups is 1. The molecule has 1 N–H and O–H groups in total. The van der Waals surface area contributed by atoms with Crippen molar-refractivity contribution in [2.24, 2.45) is 9.94 Å². The van der Waals surface area contributed by atoms with Crippen LogP contribution >= 0.6 is 16.1 Å². The molecule has 0 unspecified atom stereocenters. The number of hydrogen-bond acceptors (Lipinski definition) is 3. The molecule has 32 heavy (non-hydrogen) atoms. The lowest BCUT2D eigenvalue weighted by Gasteiger charge is -2.28. The first-order valence-electron chi connectivity index (χ1n) is 11.7. The Morgan fingerprint density at radius 3 is 2.06 bits per heavy atom. The van der Waals surface area contributed by atoms with Crippen molar-refractivity contribution in [3.05, 3.63) is 46.8 Å². The third-order valence-electron chi connectivity index (χ3n) is 6.63. The highest BCUT2D eigenvalue weighted by Gasteiger charge is 2.28. The molecule has 1 fully saturated rings. The fourth-order valence-corrected chi connectivity index (χ4v) is 5.07. The molecule has 0 atom stereocenters. The molecule has 1 saturated carbocycles. The Balaban J connectivity index is 1.88. The first-order chi connectivity index (χ1) is 14.9. The molecule has 0 aliphatic heterocycles. The van der Waals surface area contributed by atoms with Crippen molar-refractivity contribution < 1.29 is 9.90 Å². The van der Waals surface area contributed by atoms with Gasteiger partial charge in [-0.1, -0.05) is 67.2 Å². The van der Waals surface area contributed by atoms with Crippen LogP contribution in [-0.4, -0.2) is 20.0 Å². The van der Waals surface area contributed by atoms with Crippen molar-refractivity contribution in [2.75, 3.05) is 0 Å². The predicted molar refractivity (Wildman–Crippen MR) is 133 cm³/mol. The molecule has 0 radical (unpaired) electrons. The summed E-state index contributed by atoms with van der Waals surface area (Å²) in [5, 5.41) is 10.9. The molecule has 1 aromatic carbocycles. The zero-order valence-corrected chi connectivity index (χ0v) is 22.0. The number of benzene rings is 1. The van der Waals surface area contributed by atoms with Gasteiger partial charge in [0.1, 0.15) is 5.75 Å². The molecule has 5 nitrogen and oxygen atoms in total. The van der Waals surface area contributed by atoms with Gasteiger partial charge in [-0.25, -0.2) is 0 Å². The number of ketones is 1. The lowest BCUT2D eigenvalue weighted by molar-refractivity contribution is 0.0970. The van der Waals surface area contributed by atoms with Crippen molar-refractivity contribution in [1.29, 1.82) is 0 Å². The highest BCUT2D eigenvalue weighted by Crippen LogP contribution is 2.40. The molecule has 0 spiro atoms. The number of imidazole rings is 1. The van der Waals surface area contributed by atoms with Crippen LogP contribution in [0.2, 0.25) is 0 Å². The van der Waals surface area contributed by atoms with Gasteiger partial charge in [-0.3, -0.25) is 4.79 Å². The second-order valence-electron chi connectivity index (χ2n) is 11.3. The third kappa shape index (κ3) is 5.56. The van der Waals surface area contributed by atoms with E-state index in [1.165, 1.54) is 25.7 Å². The second-order valence-corrected chi connectivity index (χ2v) is 11.6. The molecule has 0 amide bonds. The van der Waals surface area contributed by atoms with Crippen LogP contribution in [0.4, 0.5) is 0 Å². The van der Waals surface area contributed by atoms with Crippen LogP contribution in [0.5, 0.6) is 5.75 Å². The molecule has 1 aromatic heterocycles. The minimum Gasteiger partial charge on any atom is -0.507 e. The van der Waals surface area contributed by atoms with Crippen LogP contribution < -0.4 is 5.62 Å². The standard InChI is InChI=1S/C26H38BrN3O2/c1-25(2,3)20-15-19(16-21(23(20)32)26(4,5)6)22(31)17-30-14-13-29(24(30)28-27)12-11-18-9-7-8-10-18/h13-16,18,32H,7-12,17H2,1-6H3. The summed E-state index contributed by atoms with van der Waals surface area (Å²) < 4.78 is 8.31. The van der Waals surface area contributed by atoms with Gasteiger partial charge in [0, 0.05) is 35.6 Å². The minimum atomic E-state index is -0.270. The van der Waals surface area contributed by atoms with E-state index in [1.54, 1.807) is 0 Å².